The third-order valence-electron chi connectivity index (χ3n) is 2.12. The fraction of sp³-hybridized carbons (Fsp3) is 0.417. The van der Waals surface area contributed by atoms with Gasteiger partial charge in [-0.1, -0.05) is 12.1 Å². The van der Waals surface area contributed by atoms with Crippen LogP contribution in [0.3, 0.4) is 0 Å². The lowest BCUT2D eigenvalue weighted by atomic mass is 10.1. The van der Waals surface area contributed by atoms with Gasteiger partial charge in [-0.15, -0.1) is 0 Å². The van der Waals surface area contributed by atoms with E-state index in [1.165, 1.54) is 18.2 Å². The minimum absolute atomic E-state index is 0.0140. The Bertz CT molecular complexity index is 421. The molecule has 0 aromatic heterocycles. The molecular formula is C12H15FO2S. The molecular weight excluding hydrogens is 227 g/mol. The predicted octanol–water partition coefficient (Wildman–Crippen LogP) is 2.56. The van der Waals surface area contributed by atoms with Crippen molar-refractivity contribution < 1.29 is 13.4 Å². The molecule has 0 spiro atoms. The number of hydrogen-bond acceptors (Lipinski definition) is 2. The molecule has 1 rings (SSSR count). The van der Waals surface area contributed by atoms with Crippen LogP contribution >= 0.6 is 0 Å². The van der Waals surface area contributed by atoms with E-state index < -0.39 is 27.1 Å². The van der Waals surface area contributed by atoms with Crippen LogP contribution in [-0.2, 0) is 10.8 Å². The summed E-state index contributed by atoms with van der Waals surface area (Å²) in [5, 5.41) is 0. The van der Waals surface area contributed by atoms with Crippen LogP contribution in [0.2, 0.25) is 0 Å². The molecule has 0 bridgehead atoms. The van der Waals surface area contributed by atoms with Crippen LogP contribution < -0.4 is 0 Å². The Hall–Kier alpha value is -1.03. The molecule has 0 aliphatic rings. The van der Waals surface area contributed by atoms with Gasteiger partial charge in [-0.2, -0.15) is 0 Å². The van der Waals surface area contributed by atoms with Crippen molar-refractivity contribution in [3.05, 3.63) is 35.6 Å². The van der Waals surface area contributed by atoms with Gasteiger partial charge < -0.3 is 0 Å². The summed E-state index contributed by atoms with van der Waals surface area (Å²) in [6, 6.07) is 5.76. The molecule has 4 heteroatoms. The summed E-state index contributed by atoms with van der Waals surface area (Å²) in [4.78, 5) is 11.7. The Labute approximate surface area is 97.3 Å². The number of carbonyl (C=O) groups is 1. The summed E-state index contributed by atoms with van der Waals surface area (Å²) in [7, 11) is -1.29. The molecule has 1 unspecified atom stereocenters. The van der Waals surface area contributed by atoms with E-state index in [1.807, 2.05) is 0 Å². The topological polar surface area (TPSA) is 34.1 Å². The smallest absolute Gasteiger partial charge is 0.178 e. The zero-order valence-corrected chi connectivity index (χ0v) is 10.4. The zero-order valence-electron chi connectivity index (χ0n) is 9.62. The van der Waals surface area contributed by atoms with Gasteiger partial charge in [0.05, 0.1) is 11.3 Å². The highest BCUT2D eigenvalue weighted by Crippen LogP contribution is 2.14. The van der Waals surface area contributed by atoms with Crippen LogP contribution in [0.5, 0.6) is 0 Å². The average molecular weight is 242 g/mol. The number of halogens is 1. The van der Waals surface area contributed by atoms with Gasteiger partial charge in [0.2, 0.25) is 0 Å². The summed E-state index contributed by atoms with van der Waals surface area (Å²) < 4.78 is 24.5. The Morgan fingerprint density at radius 2 is 1.88 bits per heavy atom. The van der Waals surface area contributed by atoms with Crippen LogP contribution in [0.25, 0.3) is 0 Å². The molecule has 2 nitrogen and oxygen atoms in total. The van der Waals surface area contributed by atoms with Gasteiger partial charge in [-0.3, -0.25) is 9.00 Å². The number of Topliss-reactive ketones (excluding diaryl/α,β-unsaturated/α-hetero) is 1. The number of hydrogen-bond donors (Lipinski definition) is 0. The van der Waals surface area contributed by atoms with Crippen molar-refractivity contribution in [2.24, 2.45) is 0 Å². The highest BCUT2D eigenvalue weighted by molar-refractivity contribution is 7.87. The number of ketones is 1. The van der Waals surface area contributed by atoms with Gasteiger partial charge in [-0.05, 0) is 32.9 Å². The molecule has 1 aromatic rings. The first-order chi connectivity index (χ1) is 7.32. The second kappa shape index (κ2) is 4.87. The number of benzene rings is 1. The van der Waals surface area contributed by atoms with Crippen LogP contribution in [-0.4, -0.2) is 20.5 Å². The van der Waals surface area contributed by atoms with Crippen molar-refractivity contribution in [2.45, 2.75) is 25.5 Å². The second-order valence-corrected chi connectivity index (χ2v) is 6.71. The van der Waals surface area contributed by atoms with Crippen molar-refractivity contribution in [3.8, 4) is 0 Å². The van der Waals surface area contributed by atoms with Gasteiger partial charge in [0.15, 0.2) is 5.78 Å². The van der Waals surface area contributed by atoms with Crippen molar-refractivity contribution in [1.29, 1.82) is 0 Å². The Morgan fingerprint density at radius 1 is 1.31 bits per heavy atom. The molecule has 0 fully saturated rings. The lowest BCUT2D eigenvalue weighted by Gasteiger charge is -2.16. The molecule has 16 heavy (non-hydrogen) atoms. The SMILES string of the molecule is CC(C)(C)S(=O)CC(=O)c1ccccc1F. The third-order valence-corrected chi connectivity index (χ3v) is 4.01. The van der Waals surface area contributed by atoms with Crippen LogP contribution in [0, 0.1) is 5.82 Å². The Kier molecular flexibility index (Phi) is 3.97. The van der Waals surface area contributed by atoms with Crippen molar-refractivity contribution in [2.75, 3.05) is 5.75 Å². The van der Waals surface area contributed by atoms with E-state index in [9.17, 15) is 13.4 Å². The van der Waals surface area contributed by atoms with Crippen molar-refractivity contribution in [3.63, 3.8) is 0 Å². The number of rotatable bonds is 3. The second-order valence-electron chi connectivity index (χ2n) is 4.51. The van der Waals surface area contributed by atoms with Crippen LogP contribution in [0.15, 0.2) is 24.3 Å². The lowest BCUT2D eigenvalue weighted by Crippen LogP contribution is -2.27. The van der Waals surface area contributed by atoms with E-state index in [0.717, 1.165) is 0 Å². The summed E-state index contributed by atoms with van der Waals surface area (Å²) in [5.74, 6) is -1.10. The van der Waals surface area contributed by atoms with E-state index >= 15 is 0 Å². The maximum absolute atomic E-state index is 13.3. The molecule has 88 valence electrons. The molecule has 1 aromatic carbocycles. The number of carbonyl (C=O) groups excluding carboxylic acids is 1. The summed E-state index contributed by atoms with van der Waals surface area (Å²) in [6.07, 6.45) is 0. The van der Waals surface area contributed by atoms with Crippen LogP contribution in [0.1, 0.15) is 31.1 Å². The summed E-state index contributed by atoms with van der Waals surface area (Å²) in [5.41, 5.74) is 0.0140. The molecule has 1 atom stereocenters. The quantitative estimate of drug-likeness (QED) is 0.763. The predicted molar refractivity (Wildman–Crippen MR) is 63.5 cm³/mol. The minimum atomic E-state index is -1.29. The first-order valence-corrected chi connectivity index (χ1v) is 6.30. The highest BCUT2D eigenvalue weighted by atomic mass is 32.2. The Balaban J connectivity index is 2.82. The molecule has 0 saturated heterocycles. The fourth-order valence-electron chi connectivity index (χ4n) is 1.10. The first kappa shape index (κ1) is 13.0. The molecule has 0 aliphatic heterocycles. The molecule has 0 amide bonds. The standard InChI is InChI=1S/C12H15FO2S/c1-12(2,3)16(15)8-11(14)9-6-4-5-7-10(9)13/h4-7H,8H2,1-3H3. The maximum atomic E-state index is 13.3. The largest absolute Gasteiger partial charge is 0.293 e. The molecule has 0 radical (unpaired) electrons. The maximum Gasteiger partial charge on any atom is 0.178 e. The van der Waals surface area contributed by atoms with E-state index in [4.69, 9.17) is 0 Å². The normalized spacial score (nSPS) is 13.5. The van der Waals surface area contributed by atoms with Crippen molar-refractivity contribution in [1.82, 2.24) is 0 Å². The highest BCUT2D eigenvalue weighted by Gasteiger charge is 2.23. The van der Waals surface area contributed by atoms with Gasteiger partial charge in [0, 0.05) is 15.5 Å². The van der Waals surface area contributed by atoms with Gasteiger partial charge in [-0.25, -0.2) is 4.39 Å². The average Bonchev–Trinajstić information content (AvgIpc) is 2.16. The van der Waals surface area contributed by atoms with Crippen LogP contribution in [0.4, 0.5) is 4.39 Å². The zero-order chi connectivity index (χ0) is 12.3. The molecule has 0 N–H and O–H groups in total. The van der Waals surface area contributed by atoms with E-state index in [2.05, 4.69) is 0 Å². The lowest BCUT2D eigenvalue weighted by molar-refractivity contribution is 0.101. The summed E-state index contributed by atoms with van der Waals surface area (Å²) in [6.45, 7) is 5.37. The summed E-state index contributed by atoms with van der Waals surface area (Å²) >= 11 is 0. The molecule has 0 saturated carbocycles. The fourth-order valence-corrected chi connectivity index (χ4v) is 1.93. The monoisotopic (exact) mass is 242 g/mol. The molecule has 0 heterocycles. The van der Waals surface area contributed by atoms with E-state index in [0.29, 0.717) is 0 Å². The first-order valence-electron chi connectivity index (χ1n) is 4.98. The third kappa shape index (κ3) is 3.23. The van der Waals surface area contributed by atoms with Gasteiger partial charge in [0.1, 0.15) is 5.82 Å². The van der Waals surface area contributed by atoms with E-state index in [-0.39, 0.29) is 11.3 Å². The molecule has 0 aliphatic carbocycles. The minimum Gasteiger partial charge on any atom is -0.293 e. The van der Waals surface area contributed by atoms with Gasteiger partial charge >= 0.3 is 0 Å². The van der Waals surface area contributed by atoms with Gasteiger partial charge in [0.25, 0.3) is 0 Å². The van der Waals surface area contributed by atoms with Crippen molar-refractivity contribution >= 4 is 16.6 Å². The Morgan fingerprint density at radius 3 is 2.38 bits per heavy atom. The van der Waals surface area contributed by atoms with E-state index in [1.54, 1.807) is 26.8 Å².